The van der Waals surface area contributed by atoms with E-state index in [-0.39, 0.29) is 37.8 Å². The molecular formula is C19H19F3N2O3S2. The van der Waals surface area contributed by atoms with Gasteiger partial charge in [-0.05, 0) is 30.3 Å². The molecule has 0 bridgehead atoms. The Kier molecular flexibility index (Phi) is 6.55. The van der Waals surface area contributed by atoms with Gasteiger partial charge in [-0.15, -0.1) is 11.8 Å². The zero-order valence-electron chi connectivity index (χ0n) is 15.3. The molecule has 29 heavy (non-hydrogen) atoms. The van der Waals surface area contributed by atoms with E-state index in [9.17, 15) is 26.4 Å². The fraction of sp³-hybridized carbons (Fsp3) is 0.316. The molecule has 0 unspecified atom stereocenters. The number of carbonyl (C=O) groups excluding carboxylic acids is 1. The van der Waals surface area contributed by atoms with Gasteiger partial charge in [-0.3, -0.25) is 4.79 Å². The van der Waals surface area contributed by atoms with Gasteiger partial charge in [0.05, 0.1) is 16.2 Å². The number of sulfonamides is 1. The molecule has 1 fully saturated rings. The van der Waals surface area contributed by atoms with Gasteiger partial charge < -0.3 is 4.90 Å². The van der Waals surface area contributed by atoms with Crippen LogP contribution < -0.4 is 0 Å². The third kappa shape index (κ3) is 5.31. The molecule has 0 spiro atoms. The van der Waals surface area contributed by atoms with Crippen LogP contribution in [-0.2, 0) is 21.0 Å². The molecule has 1 heterocycles. The number of nitrogens with zero attached hydrogens (tertiary/aromatic N) is 2. The zero-order chi connectivity index (χ0) is 21.1. The first kappa shape index (κ1) is 21.7. The topological polar surface area (TPSA) is 57.7 Å². The molecule has 1 saturated heterocycles. The minimum Gasteiger partial charge on any atom is -0.339 e. The number of rotatable bonds is 5. The summed E-state index contributed by atoms with van der Waals surface area (Å²) in [5.74, 6) is 0.139. The molecule has 0 saturated carbocycles. The van der Waals surface area contributed by atoms with Crippen molar-refractivity contribution >= 4 is 27.7 Å². The predicted molar refractivity (Wildman–Crippen MR) is 104 cm³/mol. The van der Waals surface area contributed by atoms with Gasteiger partial charge in [-0.1, -0.05) is 24.3 Å². The maximum atomic E-state index is 12.9. The maximum absolute atomic E-state index is 12.9. The lowest BCUT2D eigenvalue weighted by Crippen LogP contribution is -2.51. The van der Waals surface area contributed by atoms with Crippen molar-refractivity contribution in [3.05, 3.63) is 60.2 Å². The summed E-state index contributed by atoms with van der Waals surface area (Å²) in [4.78, 5) is 14.5. The quantitative estimate of drug-likeness (QED) is 0.664. The lowest BCUT2D eigenvalue weighted by atomic mass is 10.2. The van der Waals surface area contributed by atoms with Gasteiger partial charge in [0.1, 0.15) is 0 Å². The average molecular weight is 445 g/mol. The normalized spacial score (nSPS) is 16.0. The summed E-state index contributed by atoms with van der Waals surface area (Å²) in [6.07, 6.45) is -4.62. The highest BCUT2D eigenvalue weighted by molar-refractivity contribution is 8.00. The molecule has 156 valence electrons. The Morgan fingerprint density at radius 2 is 1.62 bits per heavy atom. The largest absolute Gasteiger partial charge is 0.416 e. The first-order valence-corrected chi connectivity index (χ1v) is 11.2. The summed E-state index contributed by atoms with van der Waals surface area (Å²) < 4.78 is 65.2. The summed E-state index contributed by atoms with van der Waals surface area (Å²) in [5.41, 5.74) is -1.01. The molecule has 5 nitrogen and oxygen atoms in total. The molecular weight excluding hydrogens is 425 g/mol. The van der Waals surface area contributed by atoms with Gasteiger partial charge in [-0.2, -0.15) is 17.5 Å². The Bertz CT molecular complexity index is 958. The second-order valence-corrected chi connectivity index (χ2v) is 9.40. The fourth-order valence-electron chi connectivity index (χ4n) is 2.91. The van der Waals surface area contributed by atoms with E-state index in [1.807, 2.05) is 30.3 Å². The number of hydrogen-bond acceptors (Lipinski definition) is 4. The third-order valence-corrected chi connectivity index (χ3v) is 7.39. The Hall–Kier alpha value is -2.04. The second kappa shape index (κ2) is 8.76. The highest BCUT2D eigenvalue weighted by Crippen LogP contribution is 2.31. The minimum absolute atomic E-state index is 0.0420. The lowest BCUT2D eigenvalue weighted by molar-refractivity contribution is -0.137. The fourth-order valence-corrected chi connectivity index (χ4v) is 5.20. The summed E-state index contributed by atoms with van der Waals surface area (Å²) >= 11 is 1.40. The van der Waals surface area contributed by atoms with Crippen LogP contribution in [0.25, 0.3) is 0 Å². The van der Waals surface area contributed by atoms with E-state index in [1.54, 1.807) is 4.90 Å². The van der Waals surface area contributed by atoms with Crippen LogP contribution in [0.5, 0.6) is 0 Å². The predicted octanol–water partition coefficient (Wildman–Crippen LogP) is 3.33. The smallest absolute Gasteiger partial charge is 0.339 e. The van der Waals surface area contributed by atoms with E-state index >= 15 is 0 Å². The first-order valence-electron chi connectivity index (χ1n) is 8.81. The Balaban J connectivity index is 1.60. The van der Waals surface area contributed by atoms with Gasteiger partial charge in [0.25, 0.3) is 0 Å². The monoisotopic (exact) mass is 444 g/mol. The molecule has 1 aliphatic rings. The van der Waals surface area contributed by atoms with E-state index in [0.717, 1.165) is 27.4 Å². The van der Waals surface area contributed by atoms with E-state index < -0.39 is 26.7 Å². The molecule has 0 atom stereocenters. The Morgan fingerprint density at radius 1 is 0.966 bits per heavy atom. The zero-order valence-corrected chi connectivity index (χ0v) is 16.9. The Morgan fingerprint density at radius 3 is 2.24 bits per heavy atom. The Labute approximate surface area is 171 Å². The van der Waals surface area contributed by atoms with E-state index in [1.165, 1.54) is 11.8 Å². The number of alkyl halides is 3. The lowest BCUT2D eigenvalue weighted by Gasteiger charge is -2.34. The number of thioether (sulfide) groups is 1. The van der Waals surface area contributed by atoms with Gasteiger partial charge in [0.2, 0.25) is 15.9 Å². The summed E-state index contributed by atoms with van der Waals surface area (Å²) in [5, 5.41) is 0. The van der Waals surface area contributed by atoms with Crippen molar-refractivity contribution in [2.75, 3.05) is 31.9 Å². The van der Waals surface area contributed by atoms with Gasteiger partial charge in [0.15, 0.2) is 0 Å². The van der Waals surface area contributed by atoms with Crippen molar-refractivity contribution in [3.8, 4) is 0 Å². The molecule has 1 amide bonds. The minimum atomic E-state index is -4.62. The van der Waals surface area contributed by atoms with Crippen molar-refractivity contribution in [2.24, 2.45) is 0 Å². The van der Waals surface area contributed by atoms with Crippen molar-refractivity contribution in [1.82, 2.24) is 9.21 Å². The number of carbonyl (C=O) groups is 1. The summed E-state index contributed by atoms with van der Waals surface area (Å²) in [6, 6.07) is 13.2. The molecule has 0 aliphatic carbocycles. The maximum Gasteiger partial charge on any atom is 0.416 e. The molecule has 0 N–H and O–H groups in total. The van der Waals surface area contributed by atoms with Crippen LogP contribution in [0.2, 0.25) is 0 Å². The standard InChI is InChI=1S/C19H19F3N2O3S2/c20-19(21,22)15-5-4-8-17(13-15)29(26,27)24-11-9-23(10-12-24)18(25)14-28-16-6-2-1-3-7-16/h1-8,13H,9-12,14H2. The van der Waals surface area contributed by atoms with Crippen molar-refractivity contribution in [3.63, 3.8) is 0 Å². The molecule has 2 aromatic carbocycles. The van der Waals surface area contributed by atoms with Crippen LogP contribution in [0.3, 0.4) is 0 Å². The van der Waals surface area contributed by atoms with Crippen LogP contribution >= 0.6 is 11.8 Å². The average Bonchev–Trinajstić information content (AvgIpc) is 2.72. The van der Waals surface area contributed by atoms with Crippen molar-refractivity contribution < 1.29 is 26.4 Å². The van der Waals surface area contributed by atoms with Crippen LogP contribution in [0.15, 0.2) is 64.4 Å². The molecule has 0 aromatic heterocycles. The number of piperazine rings is 1. The summed E-state index contributed by atoms with van der Waals surface area (Å²) in [7, 11) is -4.06. The van der Waals surface area contributed by atoms with Crippen LogP contribution in [-0.4, -0.2) is 55.5 Å². The number of halogens is 3. The van der Waals surface area contributed by atoms with Gasteiger partial charge >= 0.3 is 6.18 Å². The van der Waals surface area contributed by atoms with Crippen LogP contribution in [0, 0.1) is 0 Å². The molecule has 2 aromatic rings. The molecule has 3 rings (SSSR count). The second-order valence-electron chi connectivity index (χ2n) is 6.41. The number of benzene rings is 2. The van der Waals surface area contributed by atoms with Gasteiger partial charge in [-0.25, -0.2) is 8.42 Å². The summed E-state index contributed by atoms with van der Waals surface area (Å²) in [6.45, 7) is 0.486. The van der Waals surface area contributed by atoms with E-state index in [0.29, 0.717) is 6.07 Å². The van der Waals surface area contributed by atoms with Gasteiger partial charge in [0, 0.05) is 31.1 Å². The molecule has 0 radical (unpaired) electrons. The third-order valence-electron chi connectivity index (χ3n) is 4.50. The van der Waals surface area contributed by atoms with Crippen LogP contribution in [0.1, 0.15) is 5.56 Å². The molecule has 10 heteroatoms. The SMILES string of the molecule is O=C(CSc1ccccc1)N1CCN(S(=O)(=O)c2cccc(C(F)(F)F)c2)CC1. The number of amides is 1. The highest BCUT2D eigenvalue weighted by Gasteiger charge is 2.34. The molecule has 1 aliphatic heterocycles. The van der Waals surface area contributed by atoms with E-state index in [4.69, 9.17) is 0 Å². The number of hydrogen-bond donors (Lipinski definition) is 0. The first-order chi connectivity index (χ1) is 13.7. The van der Waals surface area contributed by atoms with Crippen LogP contribution in [0.4, 0.5) is 13.2 Å². The van der Waals surface area contributed by atoms with Crippen molar-refractivity contribution in [2.45, 2.75) is 16.0 Å². The van der Waals surface area contributed by atoms with E-state index in [2.05, 4.69) is 0 Å². The van der Waals surface area contributed by atoms with Crippen molar-refractivity contribution in [1.29, 1.82) is 0 Å². The highest BCUT2D eigenvalue weighted by atomic mass is 32.2.